The van der Waals surface area contributed by atoms with Gasteiger partial charge in [-0.1, -0.05) is 18.0 Å². The molecule has 0 atom stereocenters. The first-order valence-corrected chi connectivity index (χ1v) is 15.0. The van der Waals surface area contributed by atoms with E-state index in [2.05, 4.69) is 20.0 Å². The van der Waals surface area contributed by atoms with E-state index in [0.29, 0.717) is 69.8 Å². The lowest BCUT2D eigenvalue weighted by molar-refractivity contribution is 0.0730. The number of amides is 1. The molecule has 4 heterocycles. The highest BCUT2D eigenvalue weighted by molar-refractivity contribution is 7.89. The summed E-state index contributed by atoms with van der Waals surface area (Å²) in [6, 6.07) is 10.1. The predicted octanol–water partition coefficient (Wildman–Crippen LogP) is 2.77. The van der Waals surface area contributed by atoms with Crippen molar-refractivity contribution in [1.29, 1.82) is 0 Å². The van der Waals surface area contributed by atoms with Crippen molar-refractivity contribution in [1.82, 2.24) is 24.3 Å². The third-order valence-corrected chi connectivity index (χ3v) is 9.67. The first-order chi connectivity index (χ1) is 19.0. The molecule has 39 heavy (non-hydrogen) atoms. The Balaban J connectivity index is 1.04. The molecule has 2 aliphatic heterocycles. The fourth-order valence-electron chi connectivity index (χ4n) is 5.42. The van der Waals surface area contributed by atoms with Gasteiger partial charge in [0.05, 0.1) is 18.1 Å². The summed E-state index contributed by atoms with van der Waals surface area (Å²) in [7, 11) is -3.59. The molecule has 3 aromatic rings. The molecule has 1 saturated carbocycles. The fourth-order valence-corrected chi connectivity index (χ4v) is 6.83. The summed E-state index contributed by atoms with van der Waals surface area (Å²) in [6.45, 7) is 3.85. The lowest BCUT2D eigenvalue weighted by atomic mass is 10.1. The quantitative estimate of drug-likeness (QED) is 0.454. The summed E-state index contributed by atoms with van der Waals surface area (Å²) in [5, 5.41) is 4.15. The van der Waals surface area contributed by atoms with Gasteiger partial charge in [0.15, 0.2) is 0 Å². The van der Waals surface area contributed by atoms with E-state index in [4.69, 9.17) is 9.26 Å². The Hall–Kier alpha value is -3.35. The Morgan fingerprint density at radius 2 is 1.62 bits per heavy atom. The van der Waals surface area contributed by atoms with Gasteiger partial charge in [-0.25, -0.2) is 13.4 Å². The molecule has 0 bridgehead atoms. The SMILES string of the molecule is O=C(c1ccc(S(=O)(=O)N2CCOCC2)cc1)N1CCN(c2ccc(-c3noc(C4CCCC4)n3)cn2)CC1. The van der Waals surface area contributed by atoms with Gasteiger partial charge in [-0.2, -0.15) is 9.29 Å². The number of rotatable bonds is 6. The standard InChI is InChI=1S/C27H32N6O5S/c34-27(21-5-8-23(9-6-21)39(35,36)33-15-17-37-18-16-33)32-13-11-31(12-14-32)24-10-7-22(19-28-24)25-29-26(38-30-25)20-3-1-2-4-20/h5-10,19-20H,1-4,11-18H2. The maximum Gasteiger partial charge on any atom is 0.253 e. The van der Waals surface area contributed by atoms with E-state index in [-0.39, 0.29) is 10.8 Å². The second-order valence-electron chi connectivity index (χ2n) is 10.2. The Morgan fingerprint density at radius 1 is 0.897 bits per heavy atom. The number of morpholine rings is 1. The zero-order valence-electron chi connectivity index (χ0n) is 21.7. The Bertz CT molecular complexity index is 1390. The summed E-state index contributed by atoms with van der Waals surface area (Å²) < 4.78 is 37.9. The van der Waals surface area contributed by atoms with E-state index in [1.165, 1.54) is 29.3 Å². The molecule has 11 nitrogen and oxygen atoms in total. The summed E-state index contributed by atoms with van der Waals surface area (Å²) in [6.07, 6.45) is 6.40. The predicted molar refractivity (Wildman–Crippen MR) is 143 cm³/mol. The Morgan fingerprint density at radius 3 is 2.28 bits per heavy atom. The normalized spacial score (nSPS) is 19.5. The highest BCUT2D eigenvalue weighted by Gasteiger charge is 2.28. The van der Waals surface area contributed by atoms with Crippen LogP contribution < -0.4 is 4.90 Å². The van der Waals surface area contributed by atoms with Crippen molar-refractivity contribution in [2.45, 2.75) is 36.5 Å². The maximum atomic E-state index is 13.1. The van der Waals surface area contributed by atoms with Gasteiger partial charge in [-0.05, 0) is 49.2 Å². The number of hydrogen-bond donors (Lipinski definition) is 0. The van der Waals surface area contributed by atoms with Crippen LogP contribution in [0.2, 0.25) is 0 Å². The molecule has 2 aromatic heterocycles. The van der Waals surface area contributed by atoms with Crippen molar-refractivity contribution >= 4 is 21.7 Å². The van der Waals surface area contributed by atoms with E-state index in [1.54, 1.807) is 23.2 Å². The van der Waals surface area contributed by atoms with Gasteiger partial charge in [0.2, 0.25) is 21.7 Å². The first-order valence-electron chi connectivity index (χ1n) is 13.5. The molecular weight excluding hydrogens is 520 g/mol. The lowest BCUT2D eigenvalue weighted by Gasteiger charge is -2.35. The minimum Gasteiger partial charge on any atom is -0.379 e. The zero-order valence-corrected chi connectivity index (χ0v) is 22.6. The van der Waals surface area contributed by atoms with E-state index < -0.39 is 10.0 Å². The maximum absolute atomic E-state index is 13.1. The summed E-state index contributed by atoms with van der Waals surface area (Å²) in [4.78, 5) is 26.4. The van der Waals surface area contributed by atoms with Gasteiger partial charge in [0.25, 0.3) is 5.91 Å². The minimum atomic E-state index is -3.59. The van der Waals surface area contributed by atoms with Gasteiger partial charge in [0.1, 0.15) is 5.82 Å². The number of anilines is 1. The summed E-state index contributed by atoms with van der Waals surface area (Å²) >= 11 is 0. The third kappa shape index (κ3) is 5.41. The Kier molecular flexibility index (Phi) is 7.32. The molecule has 0 unspecified atom stereocenters. The molecule has 0 spiro atoms. The lowest BCUT2D eigenvalue weighted by Crippen LogP contribution is -2.49. The van der Waals surface area contributed by atoms with E-state index in [9.17, 15) is 13.2 Å². The van der Waals surface area contributed by atoms with Gasteiger partial charge >= 0.3 is 0 Å². The Labute approximate surface area is 227 Å². The number of carbonyl (C=O) groups excluding carboxylic acids is 1. The van der Waals surface area contributed by atoms with Crippen LogP contribution >= 0.6 is 0 Å². The van der Waals surface area contributed by atoms with Gasteiger partial charge in [0, 0.05) is 62.5 Å². The van der Waals surface area contributed by atoms with Crippen LogP contribution in [0.5, 0.6) is 0 Å². The van der Waals surface area contributed by atoms with Crippen molar-refractivity contribution in [2.24, 2.45) is 0 Å². The number of nitrogens with zero attached hydrogens (tertiary/aromatic N) is 6. The van der Waals surface area contributed by atoms with E-state index in [1.807, 2.05) is 12.1 Å². The van der Waals surface area contributed by atoms with E-state index in [0.717, 1.165) is 30.1 Å². The first kappa shape index (κ1) is 25.9. The number of pyridine rings is 1. The number of piperazine rings is 1. The van der Waals surface area contributed by atoms with E-state index >= 15 is 0 Å². The van der Waals surface area contributed by atoms with Crippen molar-refractivity contribution in [3.8, 4) is 11.4 Å². The van der Waals surface area contributed by atoms with Crippen LogP contribution in [0.4, 0.5) is 5.82 Å². The molecule has 1 aliphatic carbocycles. The molecule has 0 N–H and O–H groups in total. The van der Waals surface area contributed by atoms with Crippen LogP contribution in [0, 0.1) is 0 Å². The van der Waals surface area contributed by atoms with Crippen LogP contribution in [0.3, 0.4) is 0 Å². The van der Waals surface area contributed by atoms with Crippen LogP contribution in [0.25, 0.3) is 11.4 Å². The fraction of sp³-hybridized carbons (Fsp3) is 0.481. The largest absolute Gasteiger partial charge is 0.379 e. The second-order valence-corrected chi connectivity index (χ2v) is 12.1. The van der Waals surface area contributed by atoms with Gasteiger partial charge < -0.3 is 19.1 Å². The number of sulfonamides is 1. The van der Waals surface area contributed by atoms with Gasteiger partial charge in [-0.15, -0.1) is 0 Å². The third-order valence-electron chi connectivity index (χ3n) is 7.75. The summed E-state index contributed by atoms with van der Waals surface area (Å²) in [5.74, 6) is 2.39. The van der Waals surface area contributed by atoms with Crippen molar-refractivity contribution < 1.29 is 22.5 Å². The molecule has 12 heteroatoms. The number of benzene rings is 1. The number of hydrogen-bond acceptors (Lipinski definition) is 9. The average molecular weight is 553 g/mol. The molecule has 6 rings (SSSR count). The molecule has 2 saturated heterocycles. The average Bonchev–Trinajstić information content (AvgIpc) is 3.71. The number of carbonyl (C=O) groups is 1. The monoisotopic (exact) mass is 552 g/mol. The van der Waals surface area contributed by atoms with Crippen LogP contribution in [0.1, 0.15) is 47.8 Å². The zero-order chi connectivity index (χ0) is 26.8. The minimum absolute atomic E-state index is 0.108. The molecule has 3 aliphatic rings. The topological polar surface area (TPSA) is 122 Å². The molecule has 3 fully saturated rings. The van der Waals surface area contributed by atoms with Crippen molar-refractivity contribution in [2.75, 3.05) is 57.4 Å². The number of ether oxygens (including phenoxy) is 1. The molecule has 206 valence electrons. The molecule has 1 amide bonds. The number of aromatic nitrogens is 3. The van der Waals surface area contributed by atoms with Crippen molar-refractivity contribution in [3.63, 3.8) is 0 Å². The second kappa shape index (κ2) is 11.0. The molecule has 0 radical (unpaired) electrons. The molecular formula is C27H32N6O5S. The van der Waals surface area contributed by atoms with Crippen LogP contribution in [-0.2, 0) is 14.8 Å². The van der Waals surface area contributed by atoms with Crippen LogP contribution in [-0.4, -0.2) is 91.1 Å². The smallest absolute Gasteiger partial charge is 0.253 e. The highest BCUT2D eigenvalue weighted by atomic mass is 32.2. The van der Waals surface area contributed by atoms with Crippen molar-refractivity contribution in [3.05, 3.63) is 54.0 Å². The highest BCUT2D eigenvalue weighted by Crippen LogP contribution is 2.34. The van der Waals surface area contributed by atoms with Crippen LogP contribution in [0.15, 0.2) is 52.0 Å². The molecule has 1 aromatic carbocycles. The summed E-state index contributed by atoms with van der Waals surface area (Å²) in [5.41, 5.74) is 1.29. The van der Waals surface area contributed by atoms with Gasteiger partial charge in [-0.3, -0.25) is 4.79 Å².